The predicted molar refractivity (Wildman–Crippen MR) is 120 cm³/mol. The summed E-state index contributed by atoms with van der Waals surface area (Å²) >= 11 is 6.15. The van der Waals surface area contributed by atoms with E-state index in [2.05, 4.69) is 9.97 Å². The zero-order valence-corrected chi connectivity index (χ0v) is 19.2. The third-order valence-electron chi connectivity index (χ3n) is 4.52. The van der Waals surface area contributed by atoms with E-state index in [1.807, 2.05) is 0 Å². The van der Waals surface area contributed by atoms with Gasteiger partial charge in [0.2, 0.25) is 5.78 Å². The van der Waals surface area contributed by atoms with E-state index in [9.17, 15) is 18.4 Å². The number of ketones is 1. The molecule has 0 saturated carbocycles. The van der Waals surface area contributed by atoms with Gasteiger partial charge in [0.05, 0.1) is 14.6 Å². The van der Waals surface area contributed by atoms with Gasteiger partial charge in [0.1, 0.15) is 34.5 Å². The maximum atomic E-state index is 15.5. The molecule has 178 valence electrons. The Kier molecular flexibility index (Phi) is 6.57. The van der Waals surface area contributed by atoms with Gasteiger partial charge in [0.25, 0.3) is 5.56 Å². The summed E-state index contributed by atoms with van der Waals surface area (Å²) in [5.41, 5.74) is -2.40. The Hall–Kier alpha value is -3.66. The minimum Gasteiger partial charge on any atom is -0.485 e. The largest absolute Gasteiger partial charge is 0.485 e. The van der Waals surface area contributed by atoms with Crippen LogP contribution in [0.3, 0.4) is 0 Å². The molecule has 0 amide bonds. The minimum atomic E-state index is -2.94. The molecule has 0 saturated heterocycles. The van der Waals surface area contributed by atoms with E-state index in [-0.39, 0.29) is 16.9 Å². The Labute approximate surface area is 200 Å². The summed E-state index contributed by atoms with van der Waals surface area (Å²) in [7, 11) is 3.34. The standard InChI is InChI=1S/C23H20ClF3N4O3/c1-12-9-29-21(17(32)5-6-30(3)4)20(27)22(12)31-13(2)7-18(19(24)23(31)33)34-11-16-15(26)8-14(25)10-28-16/h5-10H,11H2,1-4H3/b6-5+/i11D2. The molecule has 0 aliphatic carbocycles. The van der Waals surface area contributed by atoms with E-state index in [0.717, 1.165) is 16.7 Å². The summed E-state index contributed by atoms with van der Waals surface area (Å²) < 4.78 is 64.8. The third kappa shape index (κ3) is 5.12. The van der Waals surface area contributed by atoms with Crippen molar-refractivity contribution < 1.29 is 25.4 Å². The van der Waals surface area contributed by atoms with Crippen molar-refractivity contribution in [2.24, 2.45) is 0 Å². The number of carbonyl (C=O) groups excluding carboxylic acids is 1. The Morgan fingerprint density at radius 1 is 1.24 bits per heavy atom. The first-order valence-electron chi connectivity index (χ1n) is 10.7. The molecule has 3 rings (SSSR count). The van der Waals surface area contributed by atoms with Gasteiger partial charge in [-0.3, -0.25) is 19.1 Å². The number of pyridine rings is 3. The van der Waals surface area contributed by atoms with Gasteiger partial charge < -0.3 is 9.64 Å². The first kappa shape index (κ1) is 22.1. The summed E-state index contributed by atoms with van der Waals surface area (Å²) in [5.74, 6) is -4.61. The van der Waals surface area contributed by atoms with Crippen molar-refractivity contribution in [1.82, 2.24) is 19.4 Å². The van der Waals surface area contributed by atoms with Gasteiger partial charge in [-0.1, -0.05) is 11.6 Å². The van der Waals surface area contributed by atoms with Crippen molar-refractivity contribution in [3.63, 3.8) is 0 Å². The average molecular weight is 495 g/mol. The van der Waals surface area contributed by atoms with Crippen LogP contribution in [0.1, 0.15) is 30.2 Å². The number of rotatable bonds is 7. The van der Waals surface area contributed by atoms with Crippen LogP contribution >= 0.6 is 11.6 Å². The summed E-state index contributed by atoms with van der Waals surface area (Å²) in [6.07, 6.45) is 4.36. The number of nitrogens with zero attached hydrogens (tertiary/aromatic N) is 4. The number of halogens is 4. The van der Waals surface area contributed by atoms with Crippen LogP contribution in [0.4, 0.5) is 13.2 Å². The molecule has 0 aromatic carbocycles. The SMILES string of the molecule is [2H]C([2H])(Oc1cc(C)n(-c2c(C)cnc(C(=O)/C=C/N(C)C)c2F)c(=O)c1Cl)c1ncc(F)cc1F. The second-order valence-electron chi connectivity index (χ2n) is 7.39. The molecule has 0 fully saturated rings. The Balaban J connectivity index is 2.11. The lowest BCUT2D eigenvalue weighted by Crippen LogP contribution is -2.25. The second-order valence-corrected chi connectivity index (χ2v) is 7.77. The summed E-state index contributed by atoms with van der Waals surface area (Å²) in [6.45, 7) is -0.0759. The fourth-order valence-corrected chi connectivity index (χ4v) is 3.11. The molecule has 3 heterocycles. The highest BCUT2D eigenvalue weighted by molar-refractivity contribution is 6.31. The van der Waals surface area contributed by atoms with E-state index in [4.69, 9.17) is 19.1 Å². The smallest absolute Gasteiger partial charge is 0.278 e. The summed E-state index contributed by atoms with van der Waals surface area (Å²) in [4.78, 5) is 34.4. The molecule has 0 spiro atoms. The molecule has 0 radical (unpaired) electrons. The predicted octanol–water partition coefficient (Wildman–Crippen LogP) is 4.15. The molecule has 0 aliphatic heterocycles. The van der Waals surface area contributed by atoms with Crippen LogP contribution in [0.15, 0.2) is 41.6 Å². The van der Waals surface area contributed by atoms with Crippen LogP contribution in [0.25, 0.3) is 5.69 Å². The van der Waals surface area contributed by atoms with Crippen LogP contribution < -0.4 is 10.3 Å². The van der Waals surface area contributed by atoms with E-state index >= 15 is 4.39 Å². The number of aromatic nitrogens is 3. The molecular formula is C23H20ClF3N4O3. The molecule has 3 aromatic rings. The highest BCUT2D eigenvalue weighted by Crippen LogP contribution is 2.27. The van der Waals surface area contributed by atoms with E-state index < -0.39 is 57.5 Å². The number of ether oxygens (including phenoxy) is 1. The van der Waals surface area contributed by atoms with Gasteiger partial charge in [0, 0.05) is 50.4 Å². The first-order valence-corrected chi connectivity index (χ1v) is 10.1. The molecule has 0 N–H and O–H groups in total. The molecule has 0 unspecified atom stereocenters. The fraction of sp³-hybridized carbons (Fsp3) is 0.217. The van der Waals surface area contributed by atoms with Crippen LogP contribution in [-0.2, 0) is 6.56 Å². The van der Waals surface area contributed by atoms with Crippen molar-refractivity contribution in [3.8, 4) is 11.4 Å². The maximum absolute atomic E-state index is 15.5. The Morgan fingerprint density at radius 3 is 2.59 bits per heavy atom. The quantitative estimate of drug-likeness (QED) is 0.363. The van der Waals surface area contributed by atoms with Gasteiger partial charge in [-0.25, -0.2) is 18.2 Å². The molecular weight excluding hydrogens is 473 g/mol. The number of allylic oxidation sites excluding steroid dienone is 1. The van der Waals surface area contributed by atoms with Crippen LogP contribution in [0, 0.1) is 31.3 Å². The highest BCUT2D eigenvalue weighted by atomic mass is 35.5. The van der Waals surface area contributed by atoms with Gasteiger partial charge in [-0.15, -0.1) is 0 Å². The van der Waals surface area contributed by atoms with Crippen LogP contribution in [0.5, 0.6) is 5.75 Å². The number of hydrogen-bond acceptors (Lipinski definition) is 6. The lowest BCUT2D eigenvalue weighted by atomic mass is 10.1. The topological polar surface area (TPSA) is 77.3 Å². The zero-order valence-electron chi connectivity index (χ0n) is 20.5. The number of carbonyl (C=O) groups is 1. The van der Waals surface area contributed by atoms with Crippen molar-refractivity contribution >= 4 is 17.4 Å². The normalized spacial score (nSPS) is 12.5. The number of hydrogen-bond donors (Lipinski definition) is 0. The molecule has 0 atom stereocenters. The lowest BCUT2D eigenvalue weighted by Gasteiger charge is -2.17. The Morgan fingerprint density at radius 2 is 1.94 bits per heavy atom. The second kappa shape index (κ2) is 10.1. The molecule has 0 bridgehead atoms. The van der Waals surface area contributed by atoms with Crippen molar-refractivity contribution in [2.75, 3.05) is 14.1 Å². The van der Waals surface area contributed by atoms with Gasteiger partial charge in [-0.05, 0) is 19.4 Å². The van der Waals surface area contributed by atoms with Crippen molar-refractivity contribution in [1.29, 1.82) is 0 Å². The average Bonchev–Trinajstić information content (AvgIpc) is 2.77. The molecule has 11 heteroatoms. The molecule has 3 aromatic heterocycles. The van der Waals surface area contributed by atoms with Gasteiger partial charge in [-0.2, -0.15) is 0 Å². The maximum Gasteiger partial charge on any atom is 0.278 e. The summed E-state index contributed by atoms with van der Waals surface area (Å²) in [5, 5.41) is -0.650. The lowest BCUT2D eigenvalue weighted by molar-refractivity contribution is 0.103. The van der Waals surface area contributed by atoms with Crippen LogP contribution in [0.2, 0.25) is 5.02 Å². The van der Waals surface area contributed by atoms with Crippen molar-refractivity contribution in [3.05, 3.63) is 92.3 Å². The molecule has 34 heavy (non-hydrogen) atoms. The molecule has 7 nitrogen and oxygen atoms in total. The highest BCUT2D eigenvalue weighted by Gasteiger charge is 2.23. The Bertz CT molecular complexity index is 1450. The van der Waals surface area contributed by atoms with E-state index in [1.165, 1.54) is 26.2 Å². The van der Waals surface area contributed by atoms with Gasteiger partial charge >= 0.3 is 0 Å². The van der Waals surface area contributed by atoms with E-state index in [0.29, 0.717) is 12.3 Å². The fourth-order valence-electron chi connectivity index (χ4n) is 2.93. The monoisotopic (exact) mass is 494 g/mol. The summed E-state index contributed by atoms with van der Waals surface area (Å²) in [6, 6.07) is 1.56. The van der Waals surface area contributed by atoms with E-state index in [1.54, 1.807) is 19.0 Å². The number of aryl methyl sites for hydroxylation is 2. The first-order chi connectivity index (χ1) is 16.7. The van der Waals surface area contributed by atoms with Crippen molar-refractivity contribution in [2.45, 2.75) is 20.4 Å². The molecule has 0 aliphatic rings. The third-order valence-corrected chi connectivity index (χ3v) is 4.87. The van der Waals surface area contributed by atoms with Crippen LogP contribution in [-0.4, -0.2) is 39.3 Å². The van der Waals surface area contributed by atoms with Gasteiger partial charge in [0.15, 0.2) is 11.6 Å². The minimum absolute atomic E-state index is 0.0539. The zero-order chi connectivity index (χ0) is 26.9.